The second kappa shape index (κ2) is 6.62. The monoisotopic (exact) mass is 434 g/mol. The van der Waals surface area contributed by atoms with E-state index in [-0.39, 0.29) is 42.7 Å². The Morgan fingerprint density at radius 3 is 1.76 bits per heavy atom. The average Bonchev–Trinajstić information content (AvgIpc) is 3.26. The molecule has 3 aliphatic rings. The summed E-state index contributed by atoms with van der Waals surface area (Å²) < 4.78 is 60.9. The zero-order chi connectivity index (χ0) is 21.3. The minimum atomic E-state index is -4.98. The van der Waals surface area contributed by atoms with Crippen molar-refractivity contribution in [3.8, 4) is 0 Å². The molecule has 0 unspecified atom stereocenters. The molecule has 164 valence electrons. The van der Waals surface area contributed by atoms with Crippen LogP contribution in [0.2, 0.25) is 0 Å². The Bertz CT molecular complexity index is 744. The molecule has 1 N–H and O–H groups in total. The van der Waals surface area contributed by atoms with Crippen LogP contribution < -0.4 is 0 Å². The van der Waals surface area contributed by atoms with Crippen LogP contribution in [0.1, 0.15) is 33.3 Å². The third kappa shape index (κ3) is 2.39. The molecule has 0 aliphatic carbocycles. The molecule has 1 aromatic carbocycles. The van der Waals surface area contributed by atoms with Gasteiger partial charge in [0.2, 0.25) is 0 Å². The molecular formula is C20H30F3N2O3P. The number of aliphatic hydroxyl groups is 1. The Morgan fingerprint density at radius 2 is 1.38 bits per heavy atom. The predicted molar refractivity (Wildman–Crippen MR) is 106 cm³/mol. The summed E-state index contributed by atoms with van der Waals surface area (Å²) in [6.45, 7) is 8.89. The van der Waals surface area contributed by atoms with Gasteiger partial charge in [-0.25, -0.2) is 0 Å². The molecule has 0 aromatic heterocycles. The zero-order valence-corrected chi connectivity index (χ0v) is 18.2. The van der Waals surface area contributed by atoms with E-state index in [0.29, 0.717) is 13.1 Å². The van der Waals surface area contributed by atoms with Crippen molar-refractivity contribution in [2.75, 3.05) is 26.3 Å². The van der Waals surface area contributed by atoms with Crippen LogP contribution in [-0.4, -0.2) is 59.0 Å². The van der Waals surface area contributed by atoms with Crippen molar-refractivity contribution in [3.05, 3.63) is 35.9 Å². The van der Waals surface area contributed by atoms with Crippen LogP contribution in [0.3, 0.4) is 0 Å². The van der Waals surface area contributed by atoms with E-state index in [1.165, 1.54) is 24.3 Å². The minimum absolute atomic E-state index is 0.0615. The SMILES string of the molecule is CC(C)[C@H]1COP23([C@](O)(c4ccccc4)C(F)(F)F)OC[C@H](C(C)C)N2CCN13. The van der Waals surface area contributed by atoms with Crippen molar-refractivity contribution in [1.29, 1.82) is 0 Å². The first-order chi connectivity index (χ1) is 13.5. The molecule has 0 amide bonds. The fourth-order valence-electron chi connectivity index (χ4n) is 5.39. The Labute approximate surface area is 170 Å². The van der Waals surface area contributed by atoms with Gasteiger partial charge in [0.1, 0.15) is 0 Å². The molecule has 0 radical (unpaired) electrons. The molecule has 5 nitrogen and oxygen atoms in total. The molecule has 3 fully saturated rings. The van der Waals surface area contributed by atoms with E-state index in [0.717, 1.165) is 0 Å². The number of nitrogens with zero attached hydrogens (tertiary/aromatic N) is 2. The standard InChI is InChI=1S/C20H30F3N2O3P/c1-14(2)17-12-27-29(19(26,20(21,22)23)16-8-6-5-7-9-16)24(17)10-11-25(29)18(13-28-29)15(3)4/h5-9,14-15,17-18,26H,10-13H2,1-4H3/t17-,18-,19-/m1/s1. The zero-order valence-electron chi connectivity index (χ0n) is 17.3. The van der Waals surface area contributed by atoms with Crippen molar-refractivity contribution >= 4 is 7.36 Å². The van der Waals surface area contributed by atoms with Gasteiger partial charge in [-0.3, -0.25) is 0 Å². The second-order valence-electron chi connectivity index (χ2n) is 8.95. The van der Waals surface area contributed by atoms with Gasteiger partial charge in [0, 0.05) is 0 Å². The van der Waals surface area contributed by atoms with Crippen molar-refractivity contribution in [2.45, 2.75) is 51.3 Å². The van der Waals surface area contributed by atoms with Crippen molar-refractivity contribution in [1.82, 2.24) is 9.34 Å². The Balaban J connectivity index is 2.04. The van der Waals surface area contributed by atoms with Crippen molar-refractivity contribution in [3.63, 3.8) is 0 Å². The van der Waals surface area contributed by atoms with Gasteiger partial charge >= 0.3 is 169 Å². The number of hydrogen-bond donors (Lipinski definition) is 1. The predicted octanol–water partition coefficient (Wildman–Crippen LogP) is 4.33. The third-order valence-corrected chi connectivity index (χ3v) is 12.5. The number of benzene rings is 1. The molecule has 1 spiro atoms. The molecule has 3 saturated heterocycles. The van der Waals surface area contributed by atoms with Crippen LogP contribution >= 0.6 is 7.36 Å². The number of alkyl halides is 3. The Hall–Kier alpha value is -0.760. The topological polar surface area (TPSA) is 45.2 Å². The molecule has 1 aromatic rings. The summed E-state index contributed by atoms with van der Waals surface area (Å²) >= 11 is 0. The van der Waals surface area contributed by atoms with Crippen LogP contribution in [-0.2, 0) is 14.4 Å². The van der Waals surface area contributed by atoms with Crippen LogP contribution in [0.25, 0.3) is 0 Å². The maximum absolute atomic E-state index is 14.9. The first-order valence-electron chi connectivity index (χ1n) is 10.2. The Morgan fingerprint density at radius 1 is 0.931 bits per heavy atom. The van der Waals surface area contributed by atoms with Gasteiger partial charge in [0.25, 0.3) is 0 Å². The van der Waals surface area contributed by atoms with Gasteiger partial charge in [-0.2, -0.15) is 0 Å². The van der Waals surface area contributed by atoms with E-state index >= 15 is 0 Å². The molecule has 29 heavy (non-hydrogen) atoms. The van der Waals surface area contributed by atoms with Gasteiger partial charge < -0.3 is 0 Å². The van der Waals surface area contributed by atoms with Gasteiger partial charge in [0.05, 0.1) is 0 Å². The maximum atomic E-state index is 14.9. The summed E-state index contributed by atoms with van der Waals surface area (Å²) in [7, 11) is -4.92. The summed E-state index contributed by atoms with van der Waals surface area (Å²) in [5, 5.41) is 8.58. The Kier molecular flexibility index (Phi) is 4.90. The number of halogens is 3. The molecule has 0 saturated carbocycles. The van der Waals surface area contributed by atoms with E-state index in [1.54, 1.807) is 15.4 Å². The van der Waals surface area contributed by atoms with Gasteiger partial charge in [0.15, 0.2) is 0 Å². The van der Waals surface area contributed by atoms with Gasteiger partial charge in [-0.15, -0.1) is 0 Å². The second-order valence-corrected chi connectivity index (χ2v) is 12.9. The van der Waals surface area contributed by atoms with Crippen molar-refractivity contribution < 1.29 is 27.3 Å². The molecule has 3 aliphatic heterocycles. The first kappa shape index (κ1) is 21.5. The van der Waals surface area contributed by atoms with E-state index in [9.17, 15) is 18.3 Å². The van der Waals surface area contributed by atoms with E-state index in [4.69, 9.17) is 9.05 Å². The molecule has 9 heteroatoms. The normalized spacial score (nSPS) is 32.7. The average molecular weight is 434 g/mol. The van der Waals surface area contributed by atoms with Crippen LogP contribution in [0.5, 0.6) is 0 Å². The first-order valence-corrected chi connectivity index (χ1v) is 12.2. The molecule has 4 rings (SSSR count). The number of hydrogen-bond acceptors (Lipinski definition) is 5. The fraction of sp³-hybridized carbons (Fsp3) is 0.700. The third-order valence-electron chi connectivity index (χ3n) is 6.85. The van der Waals surface area contributed by atoms with Crippen molar-refractivity contribution in [2.24, 2.45) is 11.8 Å². The van der Waals surface area contributed by atoms with E-state index in [1.807, 2.05) is 27.7 Å². The summed E-state index contributed by atoms with van der Waals surface area (Å²) in [6.07, 6.45) is -4.98. The van der Waals surface area contributed by atoms with Crippen LogP contribution in [0.4, 0.5) is 13.2 Å². The van der Waals surface area contributed by atoms with Gasteiger partial charge in [-0.05, 0) is 0 Å². The molecular weight excluding hydrogens is 404 g/mol. The summed E-state index contributed by atoms with van der Waals surface area (Å²) in [5.74, 6) is 0.123. The van der Waals surface area contributed by atoms with Crippen LogP contribution in [0.15, 0.2) is 30.3 Å². The molecule has 3 atom stereocenters. The van der Waals surface area contributed by atoms with E-state index < -0.39 is 18.9 Å². The van der Waals surface area contributed by atoms with E-state index in [2.05, 4.69) is 0 Å². The number of rotatable bonds is 4. The van der Waals surface area contributed by atoms with Gasteiger partial charge in [-0.1, -0.05) is 0 Å². The summed E-state index contributed by atoms with van der Waals surface area (Å²) in [4.78, 5) is 0. The summed E-state index contributed by atoms with van der Waals surface area (Å²) in [6, 6.07) is 6.82. The summed E-state index contributed by atoms with van der Waals surface area (Å²) in [5.41, 5.74) is -0.226. The fourth-order valence-corrected chi connectivity index (χ4v) is 11.9. The molecule has 0 bridgehead atoms. The quantitative estimate of drug-likeness (QED) is 0.715. The van der Waals surface area contributed by atoms with Crippen LogP contribution in [0, 0.1) is 11.8 Å². The molecule has 3 heterocycles.